The van der Waals surface area contributed by atoms with Crippen molar-refractivity contribution in [2.45, 2.75) is 33.1 Å². The van der Waals surface area contributed by atoms with Gasteiger partial charge in [-0.2, -0.15) is 8.42 Å². The Morgan fingerprint density at radius 3 is 2.21 bits per heavy atom. The van der Waals surface area contributed by atoms with Crippen LogP contribution in [0.4, 0.5) is 0 Å². The maximum atomic E-state index is 10.9. The third kappa shape index (κ3) is 8.47. The van der Waals surface area contributed by atoms with Gasteiger partial charge in [0.25, 0.3) is 10.1 Å². The Morgan fingerprint density at radius 2 is 1.64 bits per heavy atom. The van der Waals surface area contributed by atoms with Crippen molar-refractivity contribution in [3.63, 3.8) is 0 Å². The molecule has 0 unspecified atom stereocenters. The predicted molar refractivity (Wildman–Crippen MR) is 55.8 cm³/mol. The molecule has 0 N–H and O–H groups in total. The van der Waals surface area contributed by atoms with Crippen LogP contribution in [0.3, 0.4) is 0 Å². The highest BCUT2D eigenvalue weighted by atomic mass is 32.2. The van der Waals surface area contributed by atoms with E-state index in [4.69, 9.17) is 4.74 Å². The molecule has 0 spiro atoms. The molecule has 0 amide bonds. The third-order valence-electron chi connectivity index (χ3n) is 1.69. The molecule has 86 valence electrons. The SMILES string of the molecule is CCCCOCCCOS(=O)(=O)CC. The van der Waals surface area contributed by atoms with Crippen molar-refractivity contribution < 1.29 is 17.3 Å². The van der Waals surface area contributed by atoms with Crippen molar-refractivity contribution in [1.82, 2.24) is 0 Å². The monoisotopic (exact) mass is 224 g/mol. The minimum Gasteiger partial charge on any atom is -0.381 e. The van der Waals surface area contributed by atoms with Crippen molar-refractivity contribution in [3.8, 4) is 0 Å². The van der Waals surface area contributed by atoms with Gasteiger partial charge in [0.15, 0.2) is 0 Å². The third-order valence-corrected chi connectivity index (χ3v) is 2.92. The fraction of sp³-hybridized carbons (Fsp3) is 1.00. The van der Waals surface area contributed by atoms with Gasteiger partial charge in [0.1, 0.15) is 0 Å². The van der Waals surface area contributed by atoms with E-state index in [1.165, 1.54) is 0 Å². The van der Waals surface area contributed by atoms with Crippen LogP contribution < -0.4 is 0 Å². The van der Waals surface area contributed by atoms with E-state index in [0.717, 1.165) is 19.4 Å². The zero-order valence-electron chi connectivity index (χ0n) is 8.99. The highest BCUT2D eigenvalue weighted by Gasteiger charge is 2.05. The lowest BCUT2D eigenvalue weighted by molar-refractivity contribution is 0.118. The molecule has 0 aromatic carbocycles. The first-order valence-electron chi connectivity index (χ1n) is 5.07. The number of hydrogen-bond acceptors (Lipinski definition) is 4. The summed E-state index contributed by atoms with van der Waals surface area (Å²) < 4.78 is 31.7. The average Bonchev–Trinajstić information content (AvgIpc) is 2.16. The minimum atomic E-state index is -3.27. The number of rotatable bonds is 9. The quantitative estimate of drug-likeness (QED) is 0.440. The van der Waals surface area contributed by atoms with Gasteiger partial charge in [-0.05, 0) is 19.8 Å². The Bertz CT molecular complexity index is 211. The average molecular weight is 224 g/mol. The molecule has 0 aliphatic rings. The van der Waals surface area contributed by atoms with Crippen LogP contribution in [0.15, 0.2) is 0 Å². The lowest BCUT2D eigenvalue weighted by Crippen LogP contribution is -2.10. The van der Waals surface area contributed by atoms with Gasteiger partial charge in [0.2, 0.25) is 0 Å². The smallest absolute Gasteiger partial charge is 0.267 e. The number of unbranched alkanes of at least 4 members (excludes halogenated alkanes) is 1. The Labute approximate surface area is 86.7 Å². The van der Waals surface area contributed by atoms with E-state index in [1.54, 1.807) is 6.92 Å². The van der Waals surface area contributed by atoms with Crippen molar-refractivity contribution in [3.05, 3.63) is 0 Å². The molecule has 0 heterocycles. The second kappa shape index (κ2) is 8.20. The predicted octanol–water partition coefficient (Wildman–Crippen LogP) is 1.56. The fourth-order valence-electron chi connectivity index (χ4n) is 0.779. The molecule has 14 heavy (non-hydrogen) atoms. The largest absolute Gasteiger partial charge is 0.381 e. The molecule has 5 heteroatoms. The van der Waals surface area contributed by atoms with Crippen molar-refractivity contribution in [2.24, 2.45) is 0 Å². The minimum absolute atomic E-state index is 0.0314. The summed E-state index contributed by atoms with van der Waals surface area (Å²) >= 11 is 0. The molecule has 0 radical (unpaired) electrons. The topological polar surface area (TPSA) is 52.6 Å². The summed E-state index contributed by atoms with van der Waals surface area (Å²) in [6, 6.07) is 0. The van der Waals surface area contributed by atoms with Gasteiger partial charge >= 0.3 is 0 Å². The summed E-state index contributed by atoms with van der Waals surface area (Å²) in [6.07, 6.45) is 2.79. The standard InChI is InChI=1S/C9H20O4S/c1-3-5-7-12-8-6-9-13-14(10,11)4-2/h3-9H2,1-2H3. The second-order valence-electron chi connectivity index (χ2n) is 2.99. The van der Waals surface area contributed by atoms with Crippen LogP contribution in [0.5, 0.6) is 0 Å². The van der Waals surface area contributed by atoms with Gasteiger partial charge in [-0.1, -0.05) is 13.3 Å². The molecule has 0 aromatic rings. The Kier molecular flexibility index (Phi) is 8.12. The first-order valence-corrected chi connectivity index (χ1v) is 6.65. The summed E-state index contributed by atoms with van der Waals surface area (Å²) in [4.78, 5) is 0. The van der Waals surface area contributed by atoms with Crippen LogP contribution in [0.25, 0.3) is 0 Å². The van der Waals surface area contributed by atoms with Gasteiger partial charge in [-0.15, -0.1) is 0 Å². The molecular formula is C9H20O4S. The van der Waals surface area contributed by atoms with Gasteiger partial charge < -0.3 is 4.74 Å². The first kappa shape index (κ1) is 13.9. The fourth-order valence-corrected chi connectivity index (χ4v) is 1.32. The second-order valence-corrected chi connectivity index (χ2v) is 4.92. The first-order chi connectivity index (χ1) is 6.62. The Morgan fingerprint density at radius 1 is 1.00 bits per heavy atom. The van der Waals surface area contributed by atoms with Gasteiger partial charge in [-0.25, -0.2) is 0 Å². The van der Waals surface area contributed by atoms with E-state index in [9.17, 15) is 8.42 Å². The summed E-state index contributed by atoms with van der Waals surface area (Å²) in [6.45, 7) is 5.20. The molecule has 0 saturated heterocycles. The highest BCUT2D eigenvalue weighted by molar-refractivity contribution is 7.86. The van der Waals surface area contributed by atoms with E-state index in [-0.39, 0.29) is 12.4 Å². The summed E-state index contributed by atoms with van der Waals surface area (Å²) in [5.41, 5.74) is 0. The lowest BCUT2D eigenvalue weighted by Gasteiger charge is -2.04. The molecule has 0 saturated carbocycles. The molecule has 0 fully saturated rings. The lowest BCUT2D eigenvalue weighted by atomic mass is 10.4. The van der Waals surface area contributed by atoms with Crippen LogP contribution in [-0.2, 0) is 19.0 Å². The van der Waals surface area contributed by atoms with Gasteiger partial charge in [-0.3, -0.25) is 4.18 Å². The summed E-state index contributed by atoms with van der Waals surface area (Å²) in [5, 5.41) is 0. The maximum Gasteiger partial charge on any atom is 0.267 e. The van der Waals surface area contributed by atoms with Crippen LogP contribution in [0.2, 0.25) is 0 Å². The van der Waals surface area contributed by atoms with E-state index in [1.807, 2.05) is 0 Å². The normalized spacial score (nSPS) is 11.9. The molecule has 0 aromatic heterocycles. The number of hydrogen-bond donors (Lipinski definition) is 0. The van der Waals surface area contributed by atoms with Gasteiger partial charge in [0, 0.05) is 13.2 Å². The Balaban J connectivity index is 3.22. The van der Waals surface area contributed by atoms with Crippen molar-refractivity contribution >= 4 is 10.1 Å². The van der Waals surface area contributed by atoms with Crippen LogP contribution in [-0.4, -0.2) is 34.0 Å². The van der Waals surface area contributed by atoms with E-state index >= 15 is 0 Å². The Hall–Kier alpha value is -0.130. The molecule has 0 rings (SSSR count). The molecular weight excluding hydrogens is 204 g/mol. The van der Waals surface area contributed by atoms with E-state index in [2.05, 4.69) is 11.1 Å². The van der Waals surface area contributed by atoms with Crippen molar-refractivity contribution in [1.29, 1.82) is 0 Å². The van der Waals surface area contributed by atoms with E-state index in [0.29, 0.717) is 13.0 Å². The summed E-state index contributed by atoms with van der Waals surface area (Å²) in [7, 11) is -3.27. The molecule has 0 aliphatic heterocycles. The molecule has 0 bridgehead atoms. The molecule has 4 nitrogen and oxygen atoms in total. The summed E-state index contributed by atoms with van der Waals surface area (Å²) in [5.74, 6) is 0.0314. The van der Waals surface area contributed by atoms with Crippen molar-refractivity contribution in [2.75, 3.05) is 25.6 Å². The van der Waals surface area contributed by atoms with Crippen LogP contribution in [0.1, 0.15) is 33.1 Å². The zero-order valence-corrected chi connectivity index (χ0v) is 9.81. The molecule has 0 atom stereocenters. The zero-order chi connectivity index (χ0) is 10.9. The maximum absolute atomic E-state index is 10.9. The van der Waals surface area contributed by atoms with Gasteiger partial charge in [0.05, 0.1) is 12.4 Å². The van der Waals surface area contributed by atoms with E-state index < -0.39 is 10.1 Å². The van der Waals surface area contributed by atoms with Crippen LogP contribution >= 0.6 is 0 Å². The molecule has 0 aliphatic carbocycles. The highest BCUT2D eigenvalue weighted by Crippen LogP contribution is 1.95. The number of ether oxygens (including phenoxy) is 1. The van der Waals surface area contributed by atoms with Crippen LogP contribution in [0, 0.1) is 0 Å².